The summed E-state index contributed by atoms with van der Waals surface area (Å²) in [4.78, 5) is 4.67. The molecule has 0 aliphatic heterocycles. The first-order valence-corrected chi connectivity index (χ1v) is 11.2. The minimum Gasteiger partial charge on any atom is -0.239 e. The van der Waals surface area contributed by atoms with Crippen LogP contribution in [0.3, 0.4) is 0 Å². The van der Waals surface area contributed by atoms with E-state index in [0.29, 0.717) is 10.0 Å². The third kappa shape index (κ3) is 5.34. The summed E-state index contributed by atoms with van der Waals surface area (Å²) in [5.41, 5.74) is 5.91. The molecule has 4 heteroatoms. The molecule has 0 amide bonds. The van der Waals surface area contributed by atoms with E-state index in [0.717, 1.165) is 17.0 Å². The van der Waals surface area contributed by atoms with E-state index in [4.69, 9.17) is 23.2 Å². The fraction of sp³-hybridized carbons (Fsp3) is 0.167. The molecule has 112 valence electrons. The van der Waals surface area contributed by atoms with E-state index in [1.807, 2.05) is 48.5 Å². The summed E-state index contributed by atoms with van der Waals surface area (Å²) in [5.74, 6) is 3.24. The monoisotopic (exact) mass is 345 g/mol. The molecule has 2 aromatic carbocycles. The van der Waals surface area contributed by atoms with Crippen molar-refractivity contribution in [1.82, 2.24) is 0 Å². The second kappa shape index (κ2) is 7.15. The Bertz CT molecular complexity index is 730. The molecular weight excluding hydrogens is 329 g/mol. The molecule has 1 nitrogen and oxygen atoms in total. The number of hydrogen-bond donors (Lipinski definition) is 0. The maximum Gasteiger partial charge on any atom is 0.129 e. The van der Waals surface area contributed by atoms with Crippen LogP contribution in [0.5, 0.6) is 0 Å². The van der Waals surface area contributed by atoms with Crippen molar-refractivity contribution in [3.8, 4) is 11.5 Å². The van der Waals surface area contributed by atoms with Crippen LogP contribution in [-0.2, 0) is 0 Å². The van der Waals surface area contributed by atoms with Crippen LogP contribution in [0, 0.1) is 11.5 Å². The number of rotatable bonds is 2. The van der Waals surface area contributed by atoms with Gasteiger partial charge in [-0.2, -0.15) is 0 Å². The molecule has 0 unspecified atom stereocenters. The predicted molar refractivity (Wildman–Crippen MR) is 100 cm³/mol. The number of hydrogen-bond acceptors (Lipinski definition) is 1. The first-order valence-electron chi connectivity index (χ1n) is 6.97. The Kier molecular flexibility index (Phi) is 5.47. The summed E-state index contributed by atoms with van der Waals surface area (Å²) in [5, 5.41) is 1.40. The van der Waals surface area contributed by atoms with Crippen LogP contribution in [0.4, 0.5) is 5.69 Å². The van der Waals surface area contributed by atoms with Gasteiger partial charge in [0.25, 0.3) is 0 Å². The second-order valence-electron chi connectivity index (χ2n) is 5.94. The van der Waals surface area contributed by atoms with Gasteiger partial charge in [-0.3, -0.25) is 0 Å². The van der Waals surface area contributed by atoms with Gasteiger partial charge in [0.1, 0.15) is 13.8 Å². The van der Waals surface area contributed by atoms with Gasteiger partial charge >= 0.3 is 0 Å². The first-order chi connectivity index (χ1) is 10.3. The van der Waals surface area contributed by atoms with Gasteiger partial charge in [0.05, 0.1) is 5.69 Å². The average molecular weight is 346 g/mol. The van der Waals surface area contributed by atoms with Gasteiger partial charge in [0, 0.05) is 15.6 Å². The Morgan fingerprint density at radius 1 is 0.864 bits per heavy atom. The minimum absolute atomic E-state index is 0.695. The molecule has 2 aromatic rings. The Morgan fingerprint density at radius 3 is 1.86 bits per heavy atom. The molecule has 0 heterocycles. The zero-order valence-corrected chi connectivity index (χ0v) is 15.3. The molecular formula is C18H17Cl2NSi. The standard InChI is InChI=1S/C18H17Cl2NSi/c1-22(2,3)13-12-18(14-4-6-15(19)7-5-14)21-17-10-8-16(20)9-11-17/h4-11H,1-3H3. The van der Waals surface area contributed by atoms with E-state index >= 15 is 0 Å². The summed E-state index contributed by atoms with van der Waals surface area (Å²) in [6.07, 6.45) is 0. The highest BCUT2D eigenvalue weighted by Gasteiger charge is 2.09. The number of aliphatic imine (C=N–C) groups is 1. The van der Waals surface area contributed by atoms with Gasteiger partial charge in [-0.25, -0.2) is 4.99 Å². The number of benzene rings is 2. The van der Waals surface area contributed by atoms with Crippen molar-refractivity contribution in [2.75, 3.05) is 0 Å². The van der Waals surface area contributed by atoms with Gasteiger partial charge < -0.3 is 0 Å². The lowest BCUT2D eigenvalue weighted by Gasteiger charge is -2.05. The van der Waals surface area contributed by atoms with Crippen molar-refractivity contribution in [2.24, 2.45) is 4.99 Å². The van der Waals surface area contributed by atoms with Gasteiger partial charge in [0.15, 0.2) is 0 Å². The van der Waals surface area contributed by atoms with Gasteiger partial charge in [-0.15, -0.1) is 5.54 Å². The van der Waals surface area contributed by atoms with Crippen LogP contribution in [-0.4, -0.2) is 13.8 Å². The van der Waals surface area contributed by atoms with Crippen molar-refractivity contribution in [3.63, 3.8) is 0 Å². The highest BCUT2D eigenvalue weighted by atomic mass is 35.5. The highest BCUT2D eigenvalue weighted by Crippen LogP contribution is 2.18. The van der Waals surface area contributed by atoms with Crippen molar-refractivity contribution in [3.05, 3.63) is 64.1 Å². The lowest BCUT2D eigenvalue weighted by molar-refractivity contribution is 1.51. The Morgan fingerprint density at radius 2 is 1.36 bits per heavy atom. The van der Waals surface area contributed by atoms with Crippen molar-refractivity contribution < 1.29 is 0 Å². The van der Waals surface area contributed by atoms with E-state index < -0.39 is 8.07 Å². The van der Waals surface area contributed by atoms with E-state index in [1.165, 1.54) is 0 Å². The molecule has 0 saturated heterocycles. The number of halogens is 2. The molecule has 0 atom stereocenters. The fourth-order valence-corrected chi connectivity index (χ4v) is 2.41. The van der Waals surface area contributed by atoms with Gasteiger partial charge in [-0.1, -0.05) is 60.9 Å². The summed E-state index contributed by atoms with van der Waals surface area (Å²) in [7, 11) is -1.48. The Hall–Kier alpha value is -1.53. The van der Waals surface area contributed by atoms with Crippen LogP contribution in [0.15, 0.2) is 53.5 Å². The van der Waals surface area contributed by atoms with Crippen LogP contribution >= 0.6 is 23.2 Å². The first kappa shape index (κ1) is 16.8. The van der Waals surface area contributed by atoms with Crippen LogP contribution < -0.4 is 0 Å². The molecule has 2 rings (SSSR count). The average Bonchev–Trinajstić information content (AvgIpc) is 2.45. The summed E-state index contributed by atoms with van der Waals surface area (Å²) in [6, 6.07) is 15.0. The van der Waals surface area contributed by atoms with Gasteiger partial charge in [0.2, 0.25) is 0 Å². The maximum atomic E-state index is 5.96. The third-order valence-corrected chi connectivity index (χ3v) is 4.12. The third-order valence-electron chi connectivity index (χ3n) is 2.74. The molecule has 0 spiro atoms. The predicted octanol–water partition coefficient (Wildman–Crippen LogP) is 6.00. The second-order valence-corrected chi connectivity index (χ2v) is 11.6. The van der Waals surface area contributed by atoms with Crippen molar-refractivity contribution in [1.29, 1.82) is 0 Å². The van der Waals surface area contributed by atoms with Crippen LogP contribution in [0.25, 0.3) is 0 Å². The number of nitrogens with zero attached hydrogens (tertiary/aromatic N) is 1. The molecule has 0 radical (unpaired) electrons. The quantitative estimate of drug-likeness (QED) is 0.359. The zero-order valence-electron chi connectivity index (χ0n) is 12.8. The van der Waals surface area contributed by atoms with E-state index in [9.17, 15) is 0 Å². The molecule has 0 bridgehead atoms. The van der Waals surface area contributed by atoms with Crippen molar-refractivity contribution >= 4 is 42.7 Å². The lowest BCUT2D eigenvalue weighted by Crippen LogP contribution is -2.17. The molecule has 0 aliphatic carbocycles. The fourth-order valence-electron chi connectivity index (χ4n) is 1.66. The maximum absolute atomic E-state index is 5.96. The van der Waals surface area contributed by atoms with Crippen LogP contribution in [0.2, 0.25) is 29.7 Å². The lowest BCUT2D eigenvalue weighted by atomic mass is 10.1. The molecule has 0 fully saturated rings. The van der Waals surface area contributed by atoms with Gasteiger partial charge in [-0.05, 0) is 36.4 Å². The molecule has 0 aromatic heterocycles. The summed E-state index contributed by atoms with van der Waals surface area (Å²) < 4.78 is 0. The van der Waals surface area contributed by atoms with E-state index in [-0.39, 0.29) is 0 Å². The SMILES string of the molecule is C[Si](C)(C)C#CC(=Nc1ccc(Cl)cc1)c1ccc(Cl)cc1. The van der Waals surface area contributed by atoms with Crippen molar-refractivity contribution in [2.45, 2.75) is 19.6 Å². The summed E-state index contributed by atoms with van der Waals surface area (Å²) >= 11 is 11.9. The van der Waals surface area contributed by atoms with E-state index in [2.05, 4.69) is 36.1 Å². The normalized spacial score (nSPS) is 11.8. The topological polar surface area (TPSA) is 12.4 Å². The van der Waals surface area contributed by atoms with E-state index in [1.54, 1.807) is 0 Å². The largest absolute Gasteiger partial charge is 0.239 e. The Balaban J connectivity index is 2.46. The van der Waals surface area contributed by atoms with Crippen LogP contribution in [0.1, 0.15) is 5.56 Å². The Labute approximate surface area is 143 Å². The zero-order chi connectivity index (χ0) is 16.2. The minimum atomic E-state index is -1.48. The molecule has 0 N–H and O–H groups in total. The molecule has 0 aliphatic rings. The summed E-state index contributed by atoms with van der Waals surface area (Å²) in [6.45, 7) is 6.63. The highest BCUT2D eigenvalue weighted by molar-refractivity contribution is 6.84. The molecule has 0 saturated carbocycles. The smallest absolute Gasteiger partial charge is 0.129 e. The molecule has 22 heavy (non-hydrogen) atoms.